The van der Waals surface area contributed by atoms with Gasteiger partial charge in [-0.3, -0.25) is 4.90 Å². The molecule has 1 heterocycles. The summed E-state index contributed by atoms with van der Waals surface area (Å²) in [4.78, 5) is 2.52. The molecule has 0 bridgehead atoms. The van der Waals surface area contributed by atoms with Crippen molar-refractivity contribution in [3.05, 3.63) is 0 Å². The van der Waals surface area contributed by atoms with Crippen molar-refractivity contribution < 1.29 is 0 Å². The molecule has 0 aromatic heterocycles. The van der Waals surface area contributed by atoms with Crippen molar-refractivity contribution >= 4 is 0 Å². The van der Waals surface area contributed by atoms with E-state index in [-0.39, 0.29) is 0 Å². The number of rotatable bonds is 0. The van der Waals surface area contributed by atoms with Crippen LogP contribution in [0, 0.1) is 5.92 Å². The van der Waals surface area contributed by atoms with E-state index >= 15 is 0 Å². The van der Waals surface area contributed by atoms with Crippen LogP contribution in [0.15, 0.2) is 0 Å². The Bertz CT molecular complexity index is 171. The summed E-state index contributed by atoms with van der Waals surface area (Å²) in [5.74, 6) is 0.923. The first-order chi connectivity index (χ1) is 6.15. The molecule has 1 spiro atoms. The minimum atomic E-state index is 0.381. The summed E-state index contributed by atoms with van der Waals surface area (Å²) in [7, 11) is 2.25. The van der Waals surface area contributed by atoms with E-state index in [1.807, 2.05) is 0 Å². The number of hydrogen-bond donors (Lipinski definition) is 1. The topological polar surface area (TPSA) is 29.3 Å². The summed E-state index contributed by atoms with van der Waals surface area (Å²) >= 11 is 0. The van der Waals surface area contributed by atoms with Gasteiger partial charge in [-0.2, -0.15) is 0 Å². The molecule has 2 N–H and O–H groups in total. The summed E-state index contributed by atoms with van der Waals surface area (Å²) < 4.78 is 0. The van der Waals surface area contributed by atoms with Crippen LogP contribution in [0.4, 0.5) is 0 Å². The number of nitrogens with zero attached hydrogens (tertiary/aromatic N) is 1. The molecule has 0 aromatic carbocycles. The average molecular weight is 182 g/mol. The predicted octanol–water partition coefficient (Wildman–Crippen LogP) is 1.60. The Morgan fingerprint density at radius 2 is 1.85 bits per heavy atom. The Balaban J connectivity index is 2.10. The van der Waals surface area contributed by atoms with Crippen molar-refractivity contribution in [1.82, 2.24) is 4.90 Å². The van der Waals surface area contributed by atoms with Gasteiger partial charge in [0.2, 0.25) is 0 Å². The van der Waals surface area contributed by atoms with Crippen LogP contribution in [0.3, 0.4) is 0 Å². The molecule has 2 fully saturated rings. The van der Waals surface area contributed by atoms with E-state index < -0.39 is 0 Å². The summed E-state index contributed by atoms with van der Waals surface area (Å²) in [6, 6.07) is 0.435. The molecule has 2 nitrogen and oxygen atoms in total. The maximum Gasteiger partial charge on any atom is 0.0358 e. The van der Waals surface area contributed by atoms with Gasteiger partial charge in [-0.15, -0.1) is 0 Å². The van der Waals surface area contributed by atoms with Gasteiger partial charge in [0.15, 0.2) is 0 Å². The van der Waals surface area contributed by atoms with Gasteiger partial charge < -0.3 is 5.73 Å². The van der Waals surface area contributed by atoms with Crippen molar-refractivity contribution in [3.8, 4) is 0 Å². The minimum absolute atomic E-state index is 0.381. The van der Waals surface area contributed by atoms with Crippen molar-refractivity contribution in [2.45, 2.75) is 50.6 Å². The monoisotopic (exact) mass is 182 g/mol. The zero-order valence-electron chi connectivity index (χ0n) is 8.92. The Labute approximate surface area is 81.5 Å². The van der Waals surface area contributed by atoms with Crippen LogP contribution in [0.1, 0.15) is 39.0 Å². The van der Waals surface area contributed by atoms with E-state index in [9.17, 15) is 0 Å². The number of hydrogen-bond acceptors (Lipinski definition) is 2. The molecule has 1 aliphatic carbocycles. The standard InChI is InChI=1S/C11H22N2/c1-9-3-6-11(7-4-9)10(12)5-8-13(11)2/h9-10H,3-8,12H2,1-2H3. The van der Waals surface area contributed by atoms with Crippen molar-refractivity contribution in [3.63, 3.8) is 0 Å². The van der Waals surface area contributed by atoms with Crippen LogP contribution in [-0.4, -0.2) is 30.1 Å². The smallest absolute Gasteiger partial charge is 0.0358 e. The molecule has 1 saturated carbocycles. The third kappa shape index (κ3) is 1.40. The van der Waals surface area contributed by atoms with Crippen LogP contribution < -0.4 is 5.73 Å². The molecular formula is C11H22N2. The van der Waals surface area contributed by atoms with Crippen molar-refractivity contribution in [2.75, 3.05) is 13.6 Å². The maximum atomic E-state index is 6.24. The Hall–Kier alpha value is -0.0800. The molecule has 2 heteroatoms. The number of likely N-dealkylation sites (tertiary alicyclic amines) is 1. The van der Waals surface area contributed by atoms with Gasteiger partial charge >= 0.3 is 0 Å². The molecule has 1 unspecified atom stereocenters. The maximum absolute atomic E-state index is 6.24. The molecule has 2 rings (SSSR count). The first-order valence-corrected chi connectivity index (χ1v) is 5.62. The second-order valence-electron chi connectivity index (χ2n) is 5.10. The van der Waals surface area contributed by atoms with E-state index in [2.05, 4.69) is 18.9 Å². The summed E-state index contributed by atoms with van der Waals surface area (Å²) in [6.07, 6.45) is 6.60. The van der Waals surface area contributed by atoms with Crippen LogP contribution in [0.25, 0.3) is 0 Å². The Kier molecular flexibility index (Phi) is 2.37. The lowest BCUT2D eigenvalue weighted by atomic mass is 9.74. The van der Waals surface area contributed by atoms with Crippen molar-refractivity contribution in [1.29, 1.82) is 0 Å². The van der Waals surface area contributed by atoms with E-state index in [0.29, 0.717) is 11.6 Å². The lowest BCUT2D eigenvalue weighted by Gasteiger charge is -2.44. The highest BCUT2D eigenvalue weighted by atomic mass is 15.2. The second kappa shape index (κ2) is 3.25. The van der Waals surface area contributed by atoms with Gasteiger partial charge in [0.1, 0.15) is 0 Å². The molecule has 0 amide bonds. The molecule has 0 aromatic rings. The molecule has 13 heavy (non-hydrogen) atoms. The lowest BCUT2D eigenvalue weighted by molar-refractivity contribution is 0.0886. The van der Waals surface area contributed by atoms with Gasteiger partial charge in [-0.1, -0.05) is 6.92 Å². The van der Waals surface area contributed by atoms with Gasteiger partial charge in [-0.05, 0) is 51.6 Å². The van der Waals surface area contributed by atoms with Gasteiger partial charge in [-0.25, -0.2) is 0 Å². The van der Waals surface area contributed by atoms with Crippen LogP contribution in [0.5, 0.6) is 0 Å². The zero-order valence-corrected chi connectivity index (χ0v) is 8.92. The first-order valence-electron chi connectivity index (χ1n) is 5.62. The minimum Gasteiger partial charge on any atom is -0.326 e. The third-order valence-electron chi connectivity index (χ3n) is 4.37. The molecule has 76 valence electrons. The van der Waals surface area contributed by atoms with Gasteiger partial charge in [0.25, 0.3) is 0 Å². The average Bonchev–Trinajstić information content (AvgIpc) is 2.39. The van der Waals surface area contributed by atoms with E-state index in [1.54, 1.807) is 0 Å². The Morgan fingerprint density at radius 1 is 1.23 bits per heavy atom. The third-order valence-corrected chi connectivity index (χ3v) is 4.37. The summed E-state index contributed by atoms with van der Waals surface area (Å²) in [5, 5.41) is 0. The molecule has 1 atom stereocenters. The lowest BCUT2D eigenvalue weighted by Crippen LogP contribution is -2.54. The quantitative estimate of drug-likeness (QED) is 0.616. The number of likely N-dealkylation sites (N-methyl/N-ethyl adjacent to an activating group) is 1. The van der Waals surface area contributed by atoms with Crippen LogP contribution in [0.2, 0.25) is 0 Å². The fourth-order valence-corrected chi connectivity index (χ4v) is 3.12. The zero-order chi connectivity index (χ0) is 9.47. The normalized spacial score (nSPS) is 47.3. The molecular weight excluding hydrogens is 160 g/mol. The van der Waals surface area contributed by atoms with E-state index in [4.69, 9.17) is 5.73 Å². The van der Waals surface area contributed by atoms with E-state index in [0.717, 1.165) is 5.92 Å². The fraction of sp³-hybridized carbons (Fsp3) is 1.00. The highest BCUT2D eigenvalue weighted by Crippen LogP contribution is 2.41. The highest BCUT2D eigenvalue weighted by Gasteiger charge is 2.46. The molecule has 2 aliphatic rings. The SMILES string of the molecule is CC1CCC2(CC1)C(N)CCN2C. The summed E-state index contributed by atoms with van der Waals surface area (Å²) in [6.45, 7) is 3.57. The second-order valence-corrected chi connectivity index (χ2v) is 5.10. The molecule has 0 radical (unpaired) electrons. The molecule has 1 saturated heterocycles. The van der Waals surface area contributed by atoms with Crippen molar-refractivity contribution in [2.24, 2.45) is 11.7 Å². The van der Waals surface area contributed by atoms with Gasteiger partial charge in [0.05, 0.1) is 0 Å². The molecule has 1 aliphatic heterocycles. The van der Waals surface area contributed by atoms with Crippen LogP contribution in [-0.2, 0) is 0 Å². The van der Waals surface area contributed by atoms with Crippen LogP contribution >= 0.6 is 0 Å². The largest absolute Gasteiger partial charge is 0.326 e. The Morgan fingerprint density at radius 3 is 2.31 bits per heavy atom. The summed E-state index contributed by atoms with van der Waals surface area (Å²) in [5.41, 5.74) is 6.62. The van der Waals surface area contributed by atoms with E-state index in [1.165, 1.54) is 38.6 Å². The number of nitrogens with two attached hydrogens (primary N) is 1. The highest BCUT2D eigenvalue weighted by molar-refractivity contribution is 5.05. The van der Waals surface area contributed by atoms with Gasteiger partial charge in [0, 0.05) is 11.6 Å². The fourth-order valence-electron chi connectivity index (χ4n) is 3.12. The predicted molar refractivity (Wildman–Crippen MR) is 55.6 cm³/mol. The first kappa shape index (κ1) is 9.47.